The second kappa shape index (κ2) is 5.90. The van der Waals surface area contributed by atoms with Crippen LogP contribution < -0.4 is 10.5 Å². The van der Waals surface area contributed by atoms with Crippen molar-refractivity contribution >= 4 is 27.0 Å². The van der Waals surface area contributed by atoms with Gasteiger partial charge in [-0.2, -0.15) is 0 Å². The van der Waals surface area contributed by atoms with E-state index in [1.807, 2.05) is 17.5 Å². The number of rotatable bonds is 5. The molecule has 1 aromatic carbocycles. The molecule has 0 aliphatic rings. The van der Waals surface area contributed by atoms with E-state index in [1.165, 1.54) is 12.1 Å². The zero-order chi connectivity index (χ0) is 14.8. The second-order valence-corrected chi connectivity index (χ2v) is 7.15. The van der Waals surface area contributed by atoms with Gasteiger partial charge in [0, 0.05) is 10.9 Å². The maximum absolute atomic E-state index is 13.7. The van der Waals surface area contributed by atoms with Crippen molar-refractivity contribution in [3.63, 3.8) is 0 Å². The molecule has 0 bridgehead atoms. The first kappa shape index (κ1) is 15.0. The van der Waals surface area contributed by atoms with E-state index < -0.39 is 20.7 Å². The smallest absolute Gasteiger partial charge is 0.245 e. The molecule has 0 amide bonds. The van der Waals surface area contributed by atoms with Gasteiger partial charge in [0.05, 0.1) is 5.69 Å². The van der Waals surface area contributed by atoms with Gasteiger partial charge in [-0.05, 0) is 36.9 Å². The molecular formula is C13H15FN2O2S2. The average molecular weight is 314 g/mol. The zero-order valence-electron chi connectivity index (χ0n) is 10.8. The van der Waals surface area contributed by atoms with Gasteiger partial charge in [0.1, 0.15) is 10.7 Å². The number of thiophene rings is 1. The molecule has 2 aromatic rings. The van der Waals surface area contributed by atoms with Gasteiger partial charge in [0.2, 0.25) is 10.0 Å². The van der Waals surface area contributed by atoms with E-state index in [4.69, 9.17) is 5.73 Å². The van der Waals surface area contributed by atoms with Crippen LogP contribution in [0.5, 0.6) is 0 Å². The van der Waals surface area contributed by atoms with Gasteiger partial charge in [0.25, 0.3) is 0 Å². The van der Waals surface area contributed by atoms with Crippen molar-refractivity contribution in [3.8, 4) is 0 Å². The van der Waals surface area contributed by atoms with Crippen LogP contribution in [0.4, 0.5) is 10.1 Å². The highest BCUT2D eigenvalue weighted by molar-refractivity contribution is 7.89. The SMILES string of the molecule is CC(Cc1cccs1)NS(=O)(=O)c1c(N)cccc1F. The lowest BCUT2D eigenvalue weighted by molar-refractivity contribution is 0.544. The highest BCUT2D eigenvalue weighted by Crippen LogP contribution is 2.22. The minimum atomic E-state index is -3.97. The predicted molar refractivity (Wildman–Crippen MR) is 78.6 cm³/mol. The summed E-state index contributed by atoms with van der Waals surface area (Å²) in [7, 11) is -3.97. The molecule has 0 spiro atoms. The number of nitrogens with one attached hydrogen (secondary N) is 1. The molecule has 0 aliphatic heterocycles. The molecule has 0 radical (unpaired) electrons. The fourth-order valence-electron chi connectivity index (χ4n) is 1.90. The Morgan fingerprint density at radius 1 is 1.35 bits per heavy atom. The van der Waals surface area contributed by atoms with Crippen LogP contribution in [0.25, 0.3) is 0 Å². The Hall–Kier alpha value is -1.44. The van der Waals surface area contributed by atoms with Crippen LogP contribution in [-0.2, 0) is 16.4 Å². The number of anilines is 1. The Morgan fingerprint density at radius 2 is 2.10 bits per heavy atom. The quantitative estimate of drug-likeness (QED) is 0.832. The summed E-state index contributed by atoms with van der Waals surface area (Å²) in [4.78, 5) is 0.569. The van der Waals surface area contributed by atoms with Gasteiger partial charge < -0.3 is 5.73 Å². The summed E-state index contributed by atoms with van der Waals surface area (Å²) in [6, 6.07) is 7.29. The standard InChI is InChI=1S/C13H15FN2O2S2/c1-9(8-10-4-3-7-19-10)16-20(17,18)13-11(14)5-2-6-12(13)15/h2-7,9,16H,8,15H2,1H3. The first-order valence-corrected chi connectivity index (χ1v) is 8.35. The van der Waals surface area contributed by atoms with Crippen LogP contribution in [0.3, 0.4) is 0 Å². The number of hydrogen-bond acceptors (Lipinski definition) is 4. The van der Waals surface area contributed by atoms with E-state index in [2.05, 4.69) is 4.72 Å². The first-order valence-electron chi connectivity index (χ1n) is 5.99. The normalized spacial score (nSPS) is 13.3. The summed E-state index contributed by atoms with van der Waals surface area (Å²) in [5, 5.41) is 1.92. The summed E-state index contributed by atoms with van der Waals surface area (Å²) >= 11 is 1.55. The van der Waals surface area contributed by atoms with E-state index >= 15 is 0 Å². The van der Waals surface area contributed by atoms with Crippen LogP contribution in [0, 0.1) is 5.82 Å². The van der Waals surface area contributed by atoms with Crippen molar-refractivity contribution in [2.45, 2.75) is 24.3 Å². The van der Waals surface area contributed by atoms with Crippen LogP contribution in [0.2, 0.25) is 0 Å². The van der Waals surface area contributed by atoms with Gasteiger partial charge in [0.15, 0.2) is 0 Å². The minimum absolute atomic E-state index is 0.0965. The van der Waals surface area contributed by atoms with Gasteiger partial charge in [-0.3, -0.25) is 0 Å². The third kappa shape index (κ3) is 3.36. The van der Waals surface area contributed by atoms with Crippen LogP contribution in [0.1, 0.15) is 11.8 Å². The number of benzene rings is 1. The van der Waals surface area contributed by atoms with Crippen molar-refractivity contribution in [2.75, 3.05) is 5.73 Å². The van der Waals surface area contributed by atoms with Gasteiger partial charge in [-0.1, -0.05) is 12.1 Å². The molecule has 3 N–H and O–H groups in total. The van der Waals surface area contributed by atoms with Crippen molar-refractivity contribution in [2.24, 2.45) is 0 Å². The molecule has 7 heteroatoms. The topological polar surface area (TPSA) is 72.2 Å². The summed E-state index contributed by atoms with van der Waals surface area (Å²) in [5.41, 5.74) is 5.47. The number of halogens is 1. The van der Waals surface area contributed by atoms with Gasteiger partial charge in [-0.15, -0.1) is 11.3 Å². The number of sulfonamides is 1. The van der Waals surface area contributed by atoms with E-state index in [0.717, 1.165) is 10.9 Å². The molecule has 2 rings (SSSR count). The Labute approximate surface area is 121 Å². The zero-order valence-corrected chi connectivity index (χ0v) is 12.5. The predicted octanol–water partition coefficient (Wildman–Crippen LogP) is 2.38. The lowest BCUT2D eigenvalue weighted by Crippen LogP contribution is -2.34. The molecule has 4 nitrogen and oxygen atoms in total. The fourth-order valence-corrected chi connectivity index (χ4v) is 4.17. The summed E-state index contributed by atoms with van der Waals surface area (Å²) in [5.74, 6) is -0.846. The maximum atomic E-state index is 13.7. The highest BCUT2D eigenvalue weighted by Gasteiger charge is 2.24. The molecule has 1 heterocycles. The molecule has 1 atom stereocenters. The minimum Gasteiger partial charge on any atom is -0.398 e. The van der Waals surface area contributed by atoms with Gasteiger partial charge in [-0.25, -0.2) is 17.5 Å². The Balaban J connectivity index is 2.19. The molecule has 108 valence electrons. The lowest BCUT2D eigenvalue weighted by atomic mass is 10.2. The Kier molecular flexibility index (Phi) is 4.42. The summed E-state index contributed by atoms with van der Waals surface area (Å²) in [6.07, 6.45) is 0.547. The monoisotopic (exact) mass is 314 g/mol. The molecule has 0 fully saturated rings. The largest absolute Gasteiger partial charge is 0.398 e. The number of nitrogens with two attached hydrogens (primary N) is 1. The molecule has 20 heavy (non-hydrogen) atoms. The molecule has 1 aromatic heterocycles. The second-order valence-electron chi connectivity index (χ2n) is 4.46. The molecule has 1 unspecified atom stereocenters. The third-order valence-electron chi connectivity index (χ3n) is 2.71. The third-order valence-corrected chi connectivity index (χ3v) is 5.29. The van der Waals surface area contributed by atoms with E-state index in [0.29, 0.717) is 6.42 Å². The molecule has 0 saturated heterocycles. The van der Waals surface area contributed by atoms with Crippen LogP contribution in [0.15, 0.2) is 40.6 Å². The van der Waals surface area contributed by atoms with Crippen LogP contribution >= 0.6 is 11.3 Å². The van der Waals surface area contributed by atoms with Crippen molar-refractivity contribution < 1.29 is 12.8 Å². The Bertz CT molecular complexity index is 664. The van der Waals surface area contributed by atoms with Gasteiger partial charge >= 0.3 is 0 Å². The summed E-state index contributed by atoms with van der Waals surface area (Å²) < 4.78 is 40.5. The van der Waals surface area contributed by atoms with Crippen LogP contribution in [-0.4, -0.2) is 14.5 Å². The van der Waals surface area contributed by atoms with E-state index in [1.54, 1.807) is 18.3 Å². The highest BCUT2D eigenvalue weighted by atomic mass is 32.2. The number of hydrogen-bond donors (Lipinski definition) is 2. The molecular weight excluding hydrogens is 299 g/mol. The lowest BCUT2D eigenvalue weighted by Gasteiger charge is -2.15. The van der Waals surface area contributed by atoms with Crippen molar-refractivity contribution in [3.05, 3.63) is 46.4 Å². The summed E-state index contributed by atoms with van der Waals surface area (Å²) in [6.45, 7) is 1.73. The number of nitrogen functional groups attached to an aromatic ring is 1. The molecule has 0 saturated carbocycles. The Morgan fingerprint density at radius 3 is 2.70 bits per heavy atom. The van der Waals surface area contributed by atoms with E-state index in [9.17, 15) is 12.8 Å². The fraction of sp³-hybridized carbons (Fsp3) is 0.231. The average Bonchev–Trinajstić information content (AvgIpc) is 2.79. The first-order chi connectivity index (χ1) is 9.40. The van der Waals surface area contributed by atoms with Crippen molar-refractivity contribution in [1.29, 1.82) is 0 Å². The molecule has 0 aliphatic carbocycles. The van der Waals surface area contributed by atoms with E-state index in [-0.39, 0.29) is 11.7 Å². The maximum Gasteiger partial charge on any atom is 0.245 e. The van der Waals surface area contributed by atoms with Crippen molar-refractivity contribution in [1.82, 2.24) is 4.72 Å².